The Morgan fingerprint density at radius 3 is 2.57 bits per heavy atom. The van der Waals surface area contributed by atoms with E-state index in [1.807, 2.05) is 35.7 Å². The highest BCUT2D eigenvalue weighted by Gasteiger charge is 2.14. The Labute approximate surface area is 169 Å². The van der Waals surface area contributed by atoms with Crippen LogP contribution in [0, 0.1) is 5.82 Å². The minimum absolute atomic E-state index is 0.0428. The van der Waals surface area contributed by atoms with Crippen molar-refractivity contribution in [2.45, 2.75) is 26.9 Å². The van der Waals surface area contributed by atoms with Crippen molar-refractivity contribution in [3.8, 4) is 11.1 Å². The van der Waals surface area contributed by atoms with Crippen LogP contribution in [0.3, 0.4) is 0 Å². The smallest absolute Gasteiger partial charge is 0.254 e. The number of halogens is 1. The summed E-state index contributed by atoms with van der Waals surface area (Å²) in [5.41, 5.74) is 2.79. The summed E-state index contributed by atoms with van der Waals surface area (Å²) < 4.78 is 14.2. The van der Waals surface area contributed by atoms with Gasteiger partial charge in [0.15, 0.2) is 0 Å². The summed E-state index contributed by atoms with van der Waals surface area (Å²) in [6.07, 6.45) is 0. The molecule has 0 bridgehead atoms. The van der Waals surface area contributed by atoms with E-state index in [1.54, 1.807) is 12.1 Å². The minimum Gasteiger partial charge on any atom is -0.345 e. The molecule has 0 aliphatic heterocycles. The third-order valence-corrected chi connectivity index (χ3v) is 5.50. The summed E-state index contributed by atoms with van der Waals surface area (Å²) in [4.78, 5) is 19.4. The molecular weight excluding hydrogens is 373 g/mol. The van der Waals surface area contributed by atoms with Crippen molar-refractivity contribution in [2.75, 3.05) is 13.1 Å². The first-order valence-electron chi connectivity index (χ1n) is 9.39. The monoisotopic (exact) mass is 397 g/mol. The van der Waals surface area contributed by atoms with Gasteiger partial charge in [-0.2, -0.15) is 0 Å². The Balaban J connectivity index is 1.66. The van der Waals surface area contributed by atoms with E-state index in [1.165, 1.54) is 17.4 Å². The molecule has 3 rings (SSSR count). The zero-order valence-electron chi connectivity index (χ0n) is 16.1. The first-order valence-corrected chi connectivity index (χ1v) is 10.3. The lowest BCUT2D eigenvalue weighted by Gasteiger charge is -2.15. The number of carbonyl (C=O) groups excluding carboxylic acids is 1. The first kappa shape index (κ1) is 20.2. The third kappa shape index (κ3) is 5.03. The lowest BCUT2D eigenvalue weighted by molar-refractivity contribution is 0.0947. The van der Waals surface area contributed by atoms with Crippen LogP contribution < -0.4 is 5.32 Å². The van der Waals surface area contributed by atoms with Gasteiger partial charge in [0, 0.05) is 11.9 Å². The van der Waals surface area contributed by atoms with Crippen LogP contribution in [0.1, 0.15) is 34.9 Å². The molecule has 1 aromatic heterocycles. The fourth-order valence-electron chi connectivity index (χ4n) is 2.94. The first-order chi connectivity index (χ1) is 13.6. The number of nitrogens with one attached hydrogen (secondary N) is 1. The van der Waals surface area contributed by atoms with Crippen molar-refractivity contribution in [1.29, 1.82) is 0 Å². The summed E-state index contributed by atoms with van der Waals surface area (Å²) in [5.74, 6) is -0.964. The van der Waals surface area contributed by atoms with E-state index >= 15 is 0 Å². The molecule has 4 nitrogen and oxygen atoms in total. The number of rotatable bonds is 8. The molecule has 0 fully saturated rings. The molecule has 0 saturated heterocycles. The maximum Gasteiger partial charge on any atom is 0.254 e. The number of amides is 1. The Morgan fingerprint density at radius 2 is 1.86 bits per heavy atom. The molecule has 0 aliphatic rings. The summed E-state index contributed by atoms with van der Waals surface area (Å²) in [6, 6.07) is 14.2. The fourth-order valence-corrected chi connectivity index (χ4v) is 3.66. The SMILES string of the molecule is CCN(CC)Cc1csc(CNC(=O)c2cc(-c3ccccc3)ccc2F)n1. The molecule has 0 saturated carbocycles. The highest BCUT2D eigenvalue weighted by molar-refractivity contribution is 7.09. The summed E-state index contributed by atoms with van der Waals surface area (Å²) in [6.45, 7) is 7.26. The lowest BCUT2D eigenvalue weighted by atomic mass is 10.0. The van der Waals surface area contributed by atoms with E-state index in [2.05, 4.69) is 29.0 Å². The van der Waals surface area contributed by atoms with Crippen LogP contribution in [0.25, 0.3) is 11.1 Å². The molecule has 2 aromatic carbocycles. The van der Waals surface area contributed by atoms with Crippen LogP contribution in [0.2, 0.25) is 0 Å². The van der Waals surface area contributed by atoms with Crippen LogP contribution in [0.5, 0.6) is 0 Å². The quantitative estimate of drug-likeness (QED) is 0.598. The number of nitrogens with zero attached hydrogens (tertiary/aromatic N) is 2. The van der Waals surface area contributed by atoms with E-state index < -0.39 is 11.7 Å². The zero-order valence-corrected chi connectivity index (χ0v) is 16.9. The standard InChI is InChI=1S/C22H24FN3OS/c1-3-26(4-2)14-18-15-28-21(25-18)13-24-22(27)19-12-17(10-11-20(19)23)16-8-6-5-7-9-16/h5-12,15H,3-4,13-14H2,1-2H3,(H,24,27). The van der Waals surface area contributed by atoms with E-state index in [9.17, 15) is 9.18 Å². The predicted molar refractivity (Wildman–Crippen MR) is 112 cm³/mol. The van der Waals surface area contributed by atoms with Gasteiger partial charge >= 0.3 is 0 Å². The number of thiazole rings is 1. The molecule has 1 N–H and O–H groups in total. The van der Waals surface area contributed by atoms with Gasteiger partial charge in [-0.15, -0.1) is 11.3 Å². The van der Waals surface area contributed by atoms with Gasteiger partial charge in [0.25, 0.3) is 5.91 Å². The van der Waals surface area contributed by atoms with Gasteiger partial charge in [-0.25, -0.2) is 9.37 Å². The van der Waals surface area contributed by atoms with Crippen LogP contribution in [-0.2, 0) is 13.1 Å². The van der Waals surface area contributed by atoms with Crippen LogP contribution in [0.4, 0.5) is 4.39 Å². The van der Waals surface area contributed by atoms with Gasteiger partial charge in [-0.3, -0.25) is 9.69 Å². The molecular formula is C22H24FN3OS. The summed E-state index contributed by atoms with van der Waals surface area (Å²) in [5, 5.41) is 5.61. The Morgan fingerprint density at radius 1 is 1.11 bits per heavy atom. The maximum atomic E-state index is 14.2. The molecule has 1 heterocycles. The Hall–Kier alpha value is -2.57. The molecule has 0 unspecified atom stereocenters. The predicted octanol–water partition coefficient (Wildman–Crippen LogP) is 4.72. The molecule has 0 spiro atoms. The van der Waals surface area contributed by atoms with Crippen molar-refractivity contribution in [3.05, 3.63) is 76.0 Å². The van der Waals surface area contributed by atoms with Gasteiger partial charge in [-0.05, 0) is 36.3 Å². The van der Waals surface area contributed by atoms with Crippen molar-refractivity contribution < 1.29 is 9.18 Å². The van der Waals surface area contributed by atoms with Crippen molar-refractivity contribution in [2.24, 2.45) is 0 Å². The Kier molecular flexibility index (Phi) is 6.90. The van der Waals surface area contributed by atoms with E-state index in [0.717, 1.165) is 41.5 Å². The van der Waals surface area contributed by atoms with Crippen LogP contribution in [-0.4, -0.2) is 28.9 Å². The maximum absolute atomic E-state index is 14.2. The zero-order chi connectivity index (χ0) is 19.9. The molecule has 3 aromatic rings. The summed E-state index contributed by atoms with van der Waals surface area (Å²) in [7, 11) is 0. The average Bonchev–Trinajstić information content (AvgIpc) is 3.18. The number of carbonyl (C=O) groups is 1. The topological polar surface area (TPSA) is 45.2 Å². The van der Waals surface area contributed by atoms with E-state index in [-0.39, 0.29) is 12.1 Å². The number of aromatic nitrogens is 1. The third-order valence-electron chi connectivity index (χ3n) is 4.60. The van der Waals surface area contributed by atoms with Crippen LogP contribution >= 0.6 is 11.3 Å². The fraction of sp³-hybridized carbons (Fsp3) is 0.273. The normalized spacial score (nSPS) is 11.0. The van der Waals surface area contributed by atoms with Gasteiger partial charge in [-0.1, -0.05) is 50.2 Å². The second-order valence-corrected chi connectivity index (χ2v) is 7.38. The molecule has 1 amide bonds. The number of hydrogen-bond donors (Lipinski definition) is 1. The highest BCUT2D eigenvalue weighted by atomic mass is 32.1. The van der Waals surface area contributed by atoms with Gasteiger partial charge in [0.05, 0.1) is 17.8 Å². The minimum atomic E-state index is -0.529. The molecule has 6 heteroatoms. The average molecular weight is 398 g/mol. The molecule has 28 heavy (non-hydrogen) atoms. The van der Waals surface area contributed by atoms with Crippen LogP contribution in [0.15, 0.2) is 53.9 Å². The summed E-state index contributed by atoms with van der Waals surface area (Å²) >= 11 is 1.51. The van der Waals surface area contributed by atoms with Crippen molar-refractivity contribution in [1.82, 2.24) is 15.2 Å². The lowest BCUT2D eigenvalue weighted by Crippen LogP contribution is -2.24. The molecule has 0 aliphatic carbocycles. The van der Waals surface area contributed by atoms with Gasteiger partial charge in [0.2, 0.25) is 0 Å². The van der Waals surface area contributed by atoms with Crippen molar-refractivity contribution in [3.63, 3.8) is 0 Å². The largest absolute Gasteiger partial charge is 0.345 e. The highest BCUT2D eigenvalue weighted by Crippen LogP contribution is 2.22. The number of hydrogen-bond acceptors (Lipinski definition) is 4. The van der Waals surface area contributed by atoms with E-state index in [4.69, 9.17) is 0 Å². The molecule has 146 valence electrons. The van der Waals surface area contributed by atoms with Gasteiger partial charge < -0.3 is 5.32 Å². The Bertz CT molecular complexity index is 923. The van der Waals surface area contributed by atoms with Crippen molar-refractivity contribution >= 4 is 17.2 Å². The molecule has 0 atom stereocenters. The molecule has 0 radical (unpaired) electrons. The number of benzene rings is 2. The van der Waals surface area contributed by atoms with E-state index in [0.29, 0.717) is 0 Å². The second kappa shape index (κ2) is 9.57. The van der Waals surface area contributed by atoms with Gasteiger partial charge in [0.1, 0.15) is 10.8 Å². The second-order valence-electron chi connectivity index (χ2n) is 6.44.